The lowest BCUT2D eigenvalue weighted by atomic mass is 10.3. The van der Waals surface area contributed by atoms with Crippen molar-refractivity contribution in [2.45, 2.75) is 6.42 Å². The van der Waals surface area contributed by atoms with Crippen LogP contribution in [-0.2, 0) is 16.0 Å². The Balaban J connectivity index is 1.98. The van der Waals surface area contributed by atoms with Crippen molar-refractivity contribution in [3.8, 4) is 0 Å². The van der Waals surface area contributed by atoms with Crippen molar-refractivity contribution in [3.63, 3.8) is 0 Å². The van der Waals surface area contributed by atoms with Gasteiger partial charge in [-0.15, -0.1) is 11.8 Å². The van der Waals surface area contributed by atoms with Gasteiger partial charge in [-0.25, -0.2) is 4.98 Å². The number of thioether (sulfide) groups is 1. The van der Waals surface area contributed by atoms with Gasteiger partial charge in [-0.1, -0.05) is 0 Å². The number of carbonyl (C=O) groups is 1. The third-order valence-electron chi connectivity index (χ3n) is 1.94. The number of ether oxygens (including phenoxy) is 1. The van der Waals surface area contributed by atoms with E-state index >= 15 is 0 Å². The first-order chi connectivity index (χ1) is 7.83. The topological polar surface area (TPSA) is 67.0 Å². The van der Waals surface area contributed by atoms with Crippen molar-refractivity contribution < 1.29 is 9.53 Å². The molecule has 90 valence electrons. The van der Waals surface area contributed by atoms with Crippen LogP contribution in [0.15, 0.2) is 12.5 Å². The molecule has 5 nitrogen and oxygen atoms in total. The predicted octanol–water partition coefficient (Wildman–Crippen LogP) is 0.448. The highest BCUT2D eigenvalue weighted by atomic mass is 32.2. The molecule has 1 aromatic rings. The monoisotopic (exact) mass is 243 g/mol. The number of nitrogens with zero attached hydrogens (tertiary/aromatic N) is 1. The van der Waals surface area contributed by atoms with Crippen LogP contribution in [0.5, 0.6) is 0 Å². The maximum Gasteiger partial charge on any atom is 0.230 e. The van der Waals surface area contributed by atoms with Gasteiger partial charge in [0.2, 0.25) is 5.91 Å². The Labute approximate surface area is 99.4 Å². The summed E-state index contributed by atoms with van der Waals surface area (Å²) in [5.41, 5.74) is 1.03. The summed E-state index contributed by atoms with van der Waals surface area (Å²) in [6.07, 6.45) is 4.19. The second-order valence-electron chi connectivity index (χ2n) is 3.22. The van der Waals surface area contributed by atoms with Gasteiger partial charge in [0.25, 0.3) is 0 Å². The number of aromatic nitrogens is 2. The summed E-state index contributed by atoms with van der Waals surface area (Å²) < 4.78 is 4.89. The van der Waals surface area contributed by atoms with E-state index in [-0.39, 0.29) is 5.91 Å². The summed E-state index contributed by atoms with van der Waals surface area (Å²) in [5, 5.41) is 2.85. The van der Waals surface area contributed by atoms with E-state index in [4.69, 9.17) is 4.74 Å². The number of aromatic amines is 1. The lowest BCUT2D eigenvalue weighted by molar-refractivity contribution is -0.118. The highest BCUT2D eigenvalue weighted by molar-refractivity contribution is 7.99. The highest BCUT2D eigenvalue weighted by Crippen LogP contribution is 1.98. The maximum absolute atomic E-state index is 11.3. The van der Waals surface area contributed by atoms with Gasteiger partial charge >= 0.3 is 0 Å². The fourth-order valence-corrected chi connectivity index (χ4v) is 1.83. The molecule has 0 radical (unpaired) electrons. The van der Waals surface area contributed by atoms with Crippen LogP contribution in [0.4, 0.5) is 0 Å². The second kappa shape index (κ2) is 8.18. The average Bonchev–Trinajstić information content (AvgIpc) is 2.77. The number of amides is 1. The Morgan fingerprint density at radius 1 is 1.69 bits per heavy atom. The van der Waals surface area contributed by atoms with Crippen LogP contribution in [-0.4, -0.2) is 47.6 Å². The van der Waals surface area contributed by atoms with Gasteiger partial charge in [0.1, 0.15) is 0 Å². The molecule has 16 heavy (non-hydrogen) atoms. The lowest BCUT2D eigenvalue weighted by Gasteiger charge is -2.03. The molecule has 0 spiro atoms. The highest BCUT2D eigenvalue weighted by Gasteiger charge is 2.01. The summed E-state index contributed by atoms with van der Waals surface area (Å²) in [5.74, 6) is 1.41. The van der Waals surface area contributed by atoms with Gasteiger partial charge in [-0.05, 0) is 0 Å². The van der Waals surface area contributed by atoms with Crippen LogP contribution in [0.1, 0.15) is 5.69 Å². The average molecular weight is 243 g/mol. The predicted molar refractivity (Wildman–Crippen MR) is 64.5 cm³/mol. The summed E-state index contributed by atoms with van der Waals surface area (Å²) in [4.78, 5) is 18.2. The Kier molecular flexibility index (Phi) is 6.67. The Morgan fingerprint density at radius 3 is 3.25 bits per heavy atom. The van der Waals surface area contributed by atoms with Crippen molar-refractivity contribution in [1.29, 1.82) is 0 Å². The molecule has 0 bridgehead atoms. The molecule has 0 saturated carbocycles. The van der Waals surface area contributed by atoms with Crippen LogP contribution >= 0.6 is 11.8 Å². The molecular weight excluding hydrogens is 226 g/mol. The fourth-order valence-electron chi connectivity index (χ4n) is 1.12. The van der Waals surface area contributed by atoms with Crippen LogP contribution in [0.25, 0.3) is 0 Å². The van der Waals surface area contributed by atoms with Crippen molar-refractivity contribution in [2.75, 3.05) is 31.8 Å². The standard InChI is InChI=1S/C10H17N3O2S/c1-15-4-5-16-7-10(14)12-3-2-9-6-11-8-13-9/h6,8H,2-5,7H2,1H3,(H,11,13)(H,12,14). The zero-order valence-electron chi connectivity index (χ0n) is 9.36. The van der Waals surface area contributed by atoms with E-state index in [1.807, 2.05) is 0 Å². The molecule has 0 aliphatic rings. The molecule has 0 aliphatic heterocycles. The molecule has 1 aromatic heterocycles. The van der Waals surface area contributed by atoms with Crippen LogP contribution in [0.3, 0.4) is 0 Å². The van der Waals surface area contributed by atoms with Crippen LogP contribution in [0.2, 0.25) is 0 Å². The molecular formula is C10H17N3O2S. The number of carbonyl (C=O) groups excluding carboxylic acids is 1. The van der Waals surface area contributed by atoms with Gasteiger partial charge in [0.15, 0.2) is 0 Å². The lowest BCUT2D eigenvalue weighted by Crippen LogP contribution is -2.27. The normalized spacial score (nSPS) is 10.3. The molecule has 0 fully saturated rings. The fraction of sp³-hybridized carbons (Fsp3) is 0.600. The van der Waals surface area contributed by atoms with E-state index in [1.165, 1.54) is 0 Å². The summed E-state index contributed by atoms with van der Waals surface area (Å²) in [6.45, 7) is 1.33. The summed E-state index contributed by atoms with van der Waals surface area (Å²) >= 11 is 1.58. The second-order valence-corrected chi connectivity index (χ2v) is 4.33. The van der Waals surface area contributed by atoms with E-state index in [0.29, 0.717) is 18.9 Å². The smallest absolute Gasteiger partial charge is 0.230 e. The van der Waals surface area contributed by atoms with Crippen molar-refractivity contribution >= 4 is 17.7 Å². The number of imidazole rings is 1. The van der Waals surface area contributed by atoms with Gasteiger partial charge in [0, 0.05) is 37.7 Å². The summed E-state index contributed by atoms with van der Waals surface area (Å²) in [6, 6.07) is 0. The number of hydrogen-bond acceptors (Lipinski definition) is 4. The van der Waals surface area contributed by atoms with E-state index < -0.39 is 0 Å². The molecule has 0 aromatic carbocycles. The van der Waals surface area contributed by atoms with Crippen molar-refractivity contribution in [3.05, 3.63) is 18.2 Å². The largest absolute Gasteiger partial charge is 0.384 e. The first-order valence-corrected chi connectivity index (χ1v) is 6.29. The zero-order valence-corrected chi connectivity index (χ0v) is 10.2. The molecule has 1 amide bonds. The quantitative estimate of drug-likeness (QED) is 0.650. The Hall–Kier alpha value is -1.01. The molecule has 0 saturated heterocycles. The van der Waals surface area contributed by atoms with Gasteiger partial charge in [0.05, 0.1) is 18.7 Å². The molecule has 1 rings (SSSR count). The number of hydrogen-bond donors (Lipinski definition) is 2. The van der Waals surface area contributed by atoms with E-state index in [9.17, 15) is 4.79 Å². The zero-order chi connectivity index (χ0) is 11.6. The number of rotatable bonds is 8. The van der Waals surface area contributed by atoms with Gasteiger partial charge < -0.3 is 15.0 Å². The molecule has 6 heteroatoms. The third-order valence-corrected chi connectivity index (χ3v) is 2.86. The summed E-state index contributed by atoms with van der Waals surface area (Å²) in [7, 11) is 1.66. The first-order valence-electron chi connectivity index (χ1n) is 5.13. The van der Waals surface area contributed by atoms with Crippen molar-refractivity contribution in [1.82, 2.24) is 15.3 Å². The Morgan fingerprint density at radius 2 is 2.56 bits per heavy atom. The minimum absolute atomic E-state index is 0.0700. The van der Waals surface area contributed by atoms with E-state index in [2.05, 4.69) is 15.3 Å². The third kappa shape index (κ3) is 5.77. The molecule has 2 N–H and O–H groups in total. The molecule has 1 heterocycles. The Bertz CT molecular complexity index is 290. The molecule has 0 atom stereocenters. The SMILES string of the molecule is COCCSCC(=O)NCCc1cnc[nH]1. The van der Waals surface area contributed by atoms with E-state index in [0.717, 1.165) is 17.9 Å². The van der Waals surface area contributed by atoms with Crippen LogP contribution < -0.4 is 5.32 Å². The minimum Gasteiger partial charge on any atom is -0.384 e. The molecule has 0 unspecified atom stereocenters. The maximum atomic E-state index is 11.3. The van der Waals surface area contributed by atoms with Crippen LogP contribution in [0, 0.1) is 0 Å². The first kappa shape index (κ1) is 13.1. The van der Waals surface area contributed by atoms with E-state index in [1.54, 1.807) is 31.4 Å². The number of H-pyrrole nitrogens is 1. The van der Waals surface area contributed by atoms with Gasteiger partial charge in [-0.3, -0.25) is 4.79 Å². The number of methoxy groups -OCH3 is 1. The minimum atomic E-state index is 0.0700. The van der Waals surface area contributed by atoms with Crippen molar-refractivity contribution in [2.24, 2.45) is 0 Å². The van der Waals surface area contributed by atoms with Gasteiger partial charge in [-0.2, -0.15) is 0 Å². The molecule has 0 aliphatic carbocycles. The number of nitrogens with one attached hydrogen (secondary N) is 2.